The molecule has 3 aromatic rings. The molecule has 2 fully saturated rings. The minimum Gasteiger partial charge on any atom is -0.497 e. The predicted octanol–water partition coefficient (Wildman–Crippen LogP) is 3.66. The number of carbonyl (C=O) groups is 1. The molecule has 7 heteroatoms. The van der Waals surface area contributed by atoms with Crippen molar-refractivity contribution < 1.29 is 14.3 Å². The SMILES string of the molecule is COc1ccc(C2(C(=O)N3CCOC[C@@H](Cc4ccc5nccn5n4)C3)CCCCC2)cc1. The van der Waals surface area contributed by atoms with Gasteiger partial charge in [0.25, 0.3) is 0 Å². The summed E-state index contributed by atoms with van der Waals surface area (Å²) in [5.41, 5.74) is 2.49. The summed E-state index contributed by atoms with van der Waals surface area (Å²) in [6, 6.07) is 12.1. The van der Waals surface area contributed by atoms with E-state index in [-0.39, 0.29) is 11.8 Å². The normalized spacial score (nSPS) is 21.0. The molecule has 0 bridgehead atoms. The zero-order valence-electron chi connectivity index (χ0n) is 19.3. The number of hydrogen-bond donors (Lipinski definition) is 0. The maximum absolute atomic E-state index is 14.1. The van der Waals surface area contributed by atoms with E-state index < -0.39 is 5.41 Å². The second-order valence-electron chi connectivity index (χ2n) is 9.32. The number of carbonyl (C=O) groups excluding carboxylic acids is 1. The van der Waals surface area contributed by atoms with Gasteiger partial charge in [-0.1, -0.05) is 31.4 Å². The van der Waals surface area contributed by atoms with Crippen molar-refractivity contribution in [2.45, 2.75) is 43.9 Å². The molecule has 1 saturated heterocycles. The van der Waals surface area contributed by atoms with Crippen LogP contribution in [0.4, 0.5) is 0 Å². The van der Waals surface area contributed by atoms with Crippen LogP contribution in [0, 0.1) is 5.92 Å². The zero-order chi connectivity index (χ0) is 22.7. The van der Waals surface area contributed by atoms with Crippen molar-refractivity contribution >= 4 is 11.6 Å². The fourth-order valence-electron chi connectivity index (χ4n) is 5.44. The van der Waals surface area contributed by atoms with Crippen molar-refractivity contribution in [2.24, 2.45) is 5.92 Å². The molecule has 1 amide bonds. The number of imidazole rings is 1. The third kappa shape index (κ3) is 4.47. The lowest BCUT2D eigenvalue weighted by Gasteiger charge is -2.40. The Morgan fingerprint density at radius 2 is 1.97 bits per heavy atom. The van der Waals surface area contributed by atoms with Gasteiger partial charge in [0.1, 0.15) is 5.75 Å². The monoisotopic (exact) mass is 448 g/mol. The van der Waals surface area contributed by atoms with Gasteiger partial charge in [0.05, 0.1) is 31.4 Å². The van der Waals surface area contributed by atoms with E-state index >= 15 is 0 Å². The van der Waals surface area contributed by atoms with Crippen LogP contribution >= 0.6 is 0 Å². The number of ether oxygens (including phenoxy) is 2. The molecular weight excluding hydrogens is 416 g/mol. The third-order valence-corrected chi connectivity index (χ3v) is 7.19. The molecule has 174 valence electrons. The lowest BCUT2D eigenvalue weighted by Crippen LogP contribution is -2.50. The number of hydrogen-bond acceptors (Lipinski definition) is 5. The minimum absolute atomic E-state index is 0.210. The van der Waals surface area contributed by atoms with E-state index in [0.29, 0.717) is 26.3 Å². The number of nitrogens with zero attached hydrogens (tertiary/aromatic N) is 4. The molecule has 3 heterocycles. The Labute approximate surface area is 194 Å². The minimum atomic E-state index is -0.451. The molecule has 0 N–H and O–H groups in total. The molecule has 33 heavy (non-hydrogen) atoms. The largest absolute Gasteiger partial charge is 0.497 e. The lowest BCUT2D eigenvalue weighted by atomic mass is 9.68. The summed E-state index contributed by atoms with van der Waals surface area (Å²) in [6.45, 7) is 2.56. The first-order chi connectivity index (χ1) is 16.2. The highest BCUT2D eigenvalue weighted by Gasteiger charge is 2.44. The van der Waals surface area contributed by atoms with Crippen molar-refractivity contribution in [3.8, 4) is 5.75 Å². The van der Waals surface area contributed by atoms with Gasteiger partial charge in [0, 0.05) is 31.4 Å². The highest BCUT2D eigenvalue weighted by Crippen LogP contribution is 2.42. The highest BCUT2D eigenvalue weighted by molar-refractivity contribution is 5.88. The van der Waals surface area contributed by atoms with Crippen LogP contribution < -0.4 is 4.74 Å². The molecule has 0 spiro atoms. The number of amides is 1. The lowest BCUT2D eigenvalue weighted by molar-refractivity contribution is -0.139. The van der Waals surface area contributed by atoms with Crippen LogP contribution in [0.3, 0.4) is 0 Å². The Balaban J connectivity index is 1.37. The molecule has 1 atom stereocenters. The first-order valence-corrected chi connectivity index (χ1v) is 12.0. The number of benzene rings is 1. The van der Waals surface area contributed by atoms with Crippen molar-refractivity contribution in [1.82, 2.24) is 19.5 Å². The summed E-state index contributed by atoms with van der Waals surface area (Å²) in [5.74, 6) is 1.28. The third-order valence-electron chi connectivity index (χ3n) is 7.19. The molecule has 1 aliphatic heterocycles. The van der Waals surface area contributed by atoms with E-state index in [9.17, 15) is 4.79 Å². The van der Waals surface area contributed by atoms with Crippen molar-refractivity contribution in [2.75, 3.05) is 33.4 Å². The van der Waals surface area contributed by atoms with Crippen LogP contribution in [0.15, 0.2) is 48.8 Å². The van der Waals surface area contributed by atoms with Gasteiger partial charge >= 0.3 is 0 Å². The molecular formula is C26H32N4O3. The first kappa shape index (κ1) is 21.9. The van der Waals surface area contributed by atoms with Crippen LogP contribution in [0.1, 0.15) is 43.4 Å². The van der Waals surface area contributed by atoms with Gasteiger partial charge in [-0.05, 0) is 49.1 Å². The van der Waals surface area contributed by atoms with Gasteiger partial charge < -0.3 is 14.4 Å². The van der Waals surface area contributed by atoms with Crippen LogP contribution in [-0.2, 0) is 21.4 Å². The average molecular weight is 449 g/mol. The summed E-state index contributed by atoms with van der Waals surface area (Å²) in [4.78, 5) is 20.5. The van der Waals surface area contributed by atoms with Gasteiger partial charge in [-0.3, -0.25) is 4.79 Å². The van der Waals surface area contributed by atoms with Gasteiger partial charge in [-0.2, -0.15) is 5.10 Å². The van der Waals surface area contributed by atoms with Crippen LogP contribution in [0.25, 0.3) is 5.65 Å². The average Bonchev–Trinajstić information content (AvgIpc) is 3.21. The molecule has 1 aliphatic carbocycles. The number of aromatic nitrogens is 3. The topological polar surface area (TPSA) is 69.0 Å². The highest BCUT2D eigenvalue weighted by atomic mass is 16.5. The number of rotatable bonds is 5. The molecule has 1 aromatic carbocycles. The summed E-state index contributed by atoms with van der Waals surface area (Å²) in [7, 11) is 1.67. The summed E-state index contributed by atoms with van der Waals surface area (Å²) >= 11 is 0. The van der Waals surface area contributed by atoms with Crippen LogP contribution in [0.2, 0.25) is 0 Å². The fraction of sp³-hybridized carbons (Fsp3) is 0.500. The second kappa shape index (κ2) is 9.51. The van der Waals surface area contributed by atoms with Crippen molar-refractivity contribution in [3.05, 3.63) is 60.0 Å². The standard InChI is InChI=1S/C26H32N4O3/c1-32-23-8-5-21(6-9-23)26(11-3-2-4-12-26)25(31)29-15-16-33-19-20(18-29)17-22-7-10-24-27-13-14-30(24)28-22/h5-10,13-14,20H,2-4,11-12,15-19H2,1H3/t20-/m0/s1. The number of fused-ring (bicyclic) bond motifs is 1. The Bertz CT molecular complexity index is 1090. The summed E-state index contributed by atoms with van der Waals surface area (Å²) < 4.78 is 13.1. The second-order valence-corrected chi connectivity index (χ2v) is 9.32. The predicted molar refractivity (Wildman–Crippen MR) is 125 cm³/mol. The van der Waals surface area contributed by atoms with Crippen molar-refractivity contribution in [3.63, 3.8) is 0 Å². The Morgan fingerprint density at radius 1 is 1.15 bits per heavy atom. The van der Waals surface area contributed by atoms with E-state index in [1.54, 1.807) is 17.8 Å². The maximum Gasteiger partial charge on any atom is 0.233 e. The van der Waals surface area contributed by atoms with Gasteiger partial charge in [0.15, 0.2) is 5.65 Å². The van der Waals surface area contributed by atoms with E-state index in [2.05, 4.69) is 27.1 Å². The molecule has 0 unspecified atom stereocenters. The van der Waals surface area contributed by atoms with Gasteiger partial charge in [0.2, 0.25) is 5.91 Å². The summed E-state index contributed by atoms with van der Waals surface area (Å²) in [6.07, 6.45) is 9.55. The fourth-order valence-corrected chi connectivity index (χ4v) is 5.44. The van der Waals surface area contributed by atoms with Crippen molar-refractivity contribution in [1.29, 1.82) is 0 Å². The van der Waals surface area contributed by atoms with Crippen LogP contribution in [0.5, 0.6) is 5.75 Å². The molecule has 7 nitrogen and oxygen atoms in total. The summed E-state index contributed by atoms with van der Waals surface area (Å²) in [5, 5.41) is 4.68. The molecule has 2 aromatic heterocycles. The van der Waals surface area contributed by atoms with E-state index in [0.717, 1.165) is 54.8 Å². The zero-order valence-corrected chi connectivity index (χ0v) is 19.3. The Hall–Kier alpha value is -2.93. The molecule has 1 saturated carbocycles. The number of methoxy groups -OCH3 is 1. The molecule has 5 rings (SSSR count). The maximum atomic E-state index is 14.1. The van der Waals surface area contributed by atoms with E-state index in [1.807, 2.05) is 30.5 Å². The van der Waals surface area contributed by atoms with Gasteiger partial charge in [-0.25, -0.2) is 9.50 Å². The van der Waals surface area contributed by atoms with Gasteiger partial charge in [-0.15, -0.1) is 0 Å². The Morgan fingerprint density at radius 3 is 2.76 bits per heavy atom. The Kier molecular flexibility index (Phi) is 6.31. The smallest absolute Gasteiger partial charge is 0.233 e. The van der Waals surface area contributed by atoms with E-state index in [4.69, 9.17) is 9.47 Å². The van der Waals surface area contributed by atoms with Crippen LogP contribution in [-0.4, -0.2) is 58.8 Å². The molecule has 2 aliphatic rings. The molecule has 0 radical (unpaired) electrons. The van der Waals surface area contributed by atoms with E-state index in [1.165, 1.54) is 6.42 Å². The first-order valence-electron chi connectivity index (χ1n) is 12.0. The quantitative estimate of drug-likeness (QED) is 0.596.